The third-order valence-electron chi connectivity index (χ3n) is 5.04. The average Bonchev–Trinajstić information content (AvgIpc) is 3.14. The Morgan fingerprint density at radius 1 is 1.30 bits per heavy atom. The highest BCUT2D eigenvalue weighted by atomic mass is 79.9. The van der Waals surface area contributed by atoms with E-state index in [1.165, 1.54) is 24.8 Å². The summed E-state index contributed by atoms with van der Waals surface area (Å²) in [5.41, 5.74) is 1.97. The van der Waals surface area contributed by atoms with E-state index in [0.29, 0.717) is 17.7 Å². The molecule has 0 bridgehead atoms. The molecule has 0 aromatic heterocycles. The van der Waals surface area contributed by atoms with Crippen LogP contribution in [0.4, 0.5) is 0 Å². The highest BCUT2D eigenvalue weighted by Crippen LogP contribution is 2.64. The van der Waals surface area contributed by atoms with E-state index in [2.05, 4.69) is 52.0 Å². The van der Waals surface area contributed by atoms with Crippen LogP contribution in [0.15, 0.2) is 28.7 Å². The molecule has 1 unspecified atom stereocenters. The molecule has 2 aliphatic rings. The van der Waals surface area contributed by atoms with E-state index in [4.69, 9.17) is 0 Å². The van der Waals surface area contributed by atoms with Crippen LogP contribution in [0.2, 0.25) is 0 Å². The molecule has 0 N–H and O–H groups in total. The van der Waals surface area contributed by atoms with Crippen molar-refractivity contribution in [2.45, 2.75) is 44.9 Å². The number of hydrogen-bond acceptors (Lipinski definition) is 1. The largest absolute Gasteiger partial charge is 0.343 e. The Kier molecular flexibility index (Phi) is 3.89. The van der Waals surface area contributed by atoms with Gasteiger partial charge in [0.05, 0.1) is 0 Å². The van der Waals surface area contributed by atoms with E-state index in [1.54, 1.807) is 0 Å². The fourth-order valence-corrected chi connectivity index (χ4v) is 3.90. The molecule has 1 aliphatic heterocycles. The first kappa shape index (κ1) is 14.1. The van der Waals surface area contributed by atoms with Crippen molar-refractivity contribution in [3.63, 3.8) is 0 Å². The molecule has 1 saturated heterocycles. The number of likely N-dealkylation sites (tertiary alicyclic amines) is 1. The fraction of sp³-hybridized carbons (Fsp3) is 0.588. The number of halogens is 1. The molecule has 1 aliphatic carbocycles. The molecule has 3 rings (SSSR count). The number of nitrogens with zero attached hydrogens (tertiary/aromatic N) is 1. The molecule has 1 aromatic rings. The normalized spacial score (nSPS) is 23.9. The predicted octanol–water partition coefficient (Wildman–Crippen LogP) is 4.35. The first-order chi connectivity index (χ1) is 9.64. The summed E-state index contributed by atoms with van der Waals surface area (Å²) < 4.78 is 1.15. The number of rotatable bonds is 3. The minimum atomic E-state index is 0.350. The van der Waals surface area contributed by atoms with Crippen LogP contribution >= 0.6 is 15.9 Å². The van der Waals surface area contributed by atoms with Crippen LogP contribution in [-0.4, -0.2) is 23.9 Å². The second-order valence-corrected chi connectivity index (χ2v) is 7.22. The summed E-state index contributed by atoms with van der Waals surface area (Å²) in [5, 5.41) is 0. The Bertz CT molecular complexity index is 488. The molecule has 20 heavy (non-hydrogen) atoms. The molecular weight excluding hydrogens is 314 g/mol. The van der Waals surface area contributed by atoms with Gasteiger partial charge in [0.15, 0.2) is 0 Å². The summed E-state index contributed by atoms with van der Waals surface area (Å²) in [6.45, 7) is 4.01. The van der Waals surface area contributed by atoms with Crippen molar-refractivity contribution >= 4 is 21.8 Å². The molecule has 1 amide bonds. The van der Waals surface area contributed by atoms with Crippen LogP contribution in [0, 0.1) is 5.41 Å². The Hall–Kier alpha value is -0.830. The van der Waals surface area contributed by atoms with Gasteiger partial charge in [-0.1, -0.05) is 35.0 Å². The van der Waals surface area contributed by atoms with E-state index < -0.39 is 0 Å². The maximum atomic E-state index is 11.9. The molecule has 108 valence electrons. The zero-order valence-electron chi connectivity index (χ0n) is 12.1. The lowest BCUT2D eigenvalue weighted by Gasteiger charge is -2.33. The molecular formula is C17H22BrNO. The smallest absolute Gasteiger partial charge is 0.222 e. The Balaban J connectivity index is 1.59. The van der Waals surface area contributed by atoms with Gasteiger partial charge in [-0.3, -0.25) is 4.79 Å². The van der Waals surface area contributed by atoms with Gasteiger partial charge in [0.2, 0.25) is 5.91 Å². The van der Waals surface area contributed by atoms with Crippen LogP contribution < -0.4 is 0 Å². The van der Waals surface area contributed by atoms with Crippen LogP contribution in [0.1, 0.15) is 50.5 Å². The van der Waals surface area contributed by atoms with E-state index in [9.17, 15) is 4.79 Å². The molecule has 0 radical (unpaired) electrons. The quantitative estimate of drug-likeness (QED) is 0.804. The summed E-state index contributed by atoms with van der Waals surface area (Å²) in [5.74, 6) is 1.07. The van der Waals surface area contributed by atoms with Crippen molar-refractivity contribution in [2.75, 3.05) is 13.1 Å². The number of amides is 1. The third-order valence-corrected chi connectivity index (χ3v) is 5.57. The number of carbonyl (C=O) groups excluding carboxylic acids is 1. The standard InChI is InChI=1S/C17H22BrNO/c1-2-3-16(20)19-10-8-17(9-11-19)12-15(17)13-4-6-14(18)7-5-13/h4-7,15H,2-3,8-12H2,1H3. The van der Waals surface area contributed by atoms with Gasteiger partial charge in [-0.25, -0.2) is 0 Å². The molecule has 1 heterocycles. The van der Waals surface area contributed by atoms with Crippen molar-refractivity contribution in [1.82, 2.24) is 4.90 Å². The third kappa shape index (κ3) is 2.65. The van der Waals surface area contributed by atoms with Crippen LogP contribution in [0.3, 0.4) is 0 Å². The van der Waals surface area contributed by atoms with Gasteiger partial charge in [0.25, 0.3) is 0 Å². The molecule has 1 atom stereocenters. The molecule has 2 fully saturated rings. The Morgan fingerprint density at radius 2 is 1.95 bits per heavy atom. The highest BCUT2D eigenvalue weighted by molar-refractivity contribution is 9.10. The van der Waals surface area contributed by atoms with Gasteiger partial charge in [-0.05, 0) is 54.7 Å². The Morgan fingerprint density at radius 3 is 2.55 bits per heavy atom. The molecule has 3 heteroatoms. The predicted molar refractivity (Wildman–Crippen MR) is 84.7 cm³/mol. The molecule has 1 spiro atoms. The lowest BCUT2D eigenvalue weighted by Crippen LogP contribution is -2.39. The van der Waals surface area contributed by atoms with Crippen LogP contribution in [0.25, 0.3) is 0 Å². The maximum Gasteiger partial charge on any atom is 0.222 e. The van der Waals surface area contributed by atoms with Crippen molar-refractivity contribution in [2.24, 2.45) is 5.41 Å². The average molecular weight is 336 g/mol. The van der Waals surface area contributed by atoms with Crippen molar-refractivity contribution in [3.05, 3.63) is 34.3 Å². The monoisotopic (exact) mass is 335 g/mol. The number of benzene rings is 1. The molecule has 2 nitrogen and oxygen atoms in total. The SMILES string of the molecule is CCCC(=O)N1CCC2(CC1)CC2c1ccc(Br)cc1. The van der Waals surface area contributed by atoms with Gasteiger partial charge >= 0.3 is 0 Å². The van der Waals surface area contributed by atoms with Crippen molar-refractivity contribution < 1.29 is 4.79 Å². The van der Waals surface area contributed by atoms with Gasteiger partial charge in [-0.15, -0.1) is 0 Å². The summed E-state index contributed by atoms with van der Waals surface area (Å²) in [6.07, 6.45) is 5.35. The minimum absolute atomic E-state index is 0.350. The lowest BCUT2D eigenvalue weighted by molar-refractivity contribution is -0.132. The zero-order chi connectivity index (χ0) is 14.2. The van der Waals surface area contributed by atoms with Crippen molar-refractivity contribution in [3.8, 4) is 0 Å². The highest BCUT2D eigenvalue weighted by Gasteiger charge is 2.55. The second kappa shape index (κ2) is 5.51. The Labute approximate surface area is 129 Å². The second-order valence-electron chi connectivity index (χ2n) is 6.30. The summed E-state index contributed by atoms with van der Waals surface area (Å²) >= 11 is 3.50. The van der Waals surface area contributed by atoms with Gasteiger partial charge in [-0.2, -0.15) is 0 Å². The minimum Gasteiger partial charge on any atom is -0.343 e. The first-order valence-electron chi connectivity index (χ1n) is 7.68. The first-order valence-corrected chi connectivity index (χ1v) is 8.47. The molecule has 1 aromatic carbocycles. The van der Waals surface area contributed by atoms with E-state index in [-0.39, 0.29) is 0 Å². The topological polar surface area (TPSA) is 20.3 Å². The number of hydrogen-bond donors (Lipinski definition) is 0. The van der Waals surface area contributed by atoms with Gasteiger partial charge in [0, 0.05) is 24.0 Å². The van der Waals surface area contributed by atoms with Crippen LogP contribution in [0.5, 0.6) is 0 Å². The fourth-order valence-electron chi connectivity index (χ4n) is 3.64. The van der Waals surface area contributed by atoms with Gasteiger partial charge < -0.3 is 4.90 Å². The van der Waals surface area contributed by atoms with Crippen LogP contribution in [-0.2, 0) is 4.79 Å². The summed E-state index contributed by atoms with van der Waals surface area (Å²) in [4.78, 5) is 14.0. The summed E-state index contributed by atoms with van der Waals surface area (Å²) in [7, 11) is 0. The summed E-state index contributed by atoms with van der Waals surface area (Å²) in [6, 6.07) is 8.78. The number of piperidine rings is 1. The van der Waals surface area contributed by atoms with E-state index in [0.717, 1.165) is 29.9 Å². The van der Waals surface area contributed by atoms with E-state index in [1.807, 2.05) is 0 Å². The lowest BCUT2D eigenvalue weighted by atomic mass is 9.88. The van der Waals surface area contributed by atoms with Crippen molar-refractivity contribution in [1.29, 1.82) is 0 Å². The van der Waals surface area contributed by atoms with E-state index >= 15 is 0 Å². The van der Waals surface area contributed by atoms with Gasteiger partial charge in [0.1, 0.15) is 0 Å². The number of carbonyl (C=O) groups is 1. The molecule has 1 saturated carbocycles. The zero-order valence-corrected chi connectivity index (χ0v) is 13.7. The maximum absolute atomic E-state index is 11.9.